The van der Waals surface area contributed by atoms with E-state index in [2.05, 4.69) is 6.58 Å². The first-order valence-corrected chi connectivity index (χ1v) is 5.93. The third-order valence-corrected chi connectivity index (χ3v) is 2.00. The van der Waals surface area contributed by atoms with Crippen LogP contribution in [0.3, 0.4) is 0 Å². The molecular formula is C13H23NO3. The van der Waals surface area contributed by atoms with Crippen LogP contribution in [0.1, 0.15) is 40.0 Å². The van der Waals surface area contributed by atoms with E-state index in [0.29, 0.717) is 19.5 Å². The molecule has 0 atom stereocenters. The van der Waals surface area contributed by atoms with Gasteiger partial charge in [0.15, 0.2) is 0 Å². The van der Waals surface area contributed by atoms with E-state index in [0.717, 1.165) is 19.1 Å². The van der Waals surface area contributed by atoms with Gasteiger partial charge in [-0.25, -0.2) is 4.79 Å². The maximum absolute atomic E-state index is 11.8. The van der Waals surface area contributed by atoms with Crippen molar-refractivity contribution in [3.05, 3.63) is 12.7 Å². The van der Waals surface area contributed by atoms with Crippen LogP contribution >= 0.6 is 0 Å². The number of nitrogens with zero attached hydrogens (tertiary/aromatic N) is 1. The van der Waals surface area contributed by atoms with Crippen molar-refractivity contribution in [2.45, 2.75) is 45.6 Å². The Hall–Kier alpha value is -1.32. The number of ether oxygens (including phenoxy) is 1. The minimum absolute atomic E-state index is 0.330. The molecule has 1 amide bonds. The summed E-state index contributed by atoms with van der Waals surface area (Å²) in [6.45, 7) is 10.2. The average Bonchev–Trinajstić information content (AvgIpc) is 2.20. The molecule has 0 rings (SSSR count). The molecule has 0 saturated heterocycles. The lowest BCUT2D eigenvalue weighted by atomic mass is 10.2. The molecule has 0 saturated carbocycles. The quantitative estimate of drug-likeness (QED) is 0.391. The van der Waals surface area contributed by atoms with Crippen molar-refractivity contribution in [1.29, 1.82) is 0 Å². The predicted octanol–water partition coefficient (Wildman–Crippen LogP) is 2.78. The van der Waals surface area contributed by atoms with Gasteiger partial charge < -0.3 is 14.4 Å². The van der Waals surface area contributed by atoms with Crippen molar-refractivity contribution in [1.82, 2.24) is 4.90 Å². The smallest absolute Gasteiger partial charge is 0.410 e. The van der Waals surface area contributed by atoms with Gasteiger partial charge in [0, 0.05) is 19.5 Å². The second kappa shape index (κ2) is 7.87. The Kier molecular flexibility index (Phi) is 7.26. The van der Waals surface area contributed by atoms with Crippen molar-refractivity contribution >= 4 is 12.4 Å². The summed E-state index contributed by atoms with van der Waals surface area (Å²) in [4.78, 5) is 23.6. The highest BCUT2D eigenvalue weighted by molar-refractivity contribution is 5.68. The second-order valence-electron chi connectivity index (χ2n) is 4.88. The van der Waals surface area contributed by atoms with Crippen LogP contribution < -0.4 is 0 Å². The molecule has 17 heavy (non-hydrogen) atoms. The summed E-state index contributed by atoms with van der Waals surface area (Å²) < 4.78 is 5.28. The van der Waals surface area contributed by atoms with Crippen LogP contribution in [-0.4, -0.2) is 36.0 Å². The third-order valence-electron chi connectivity index (χ3n) is 2.00. The van der Waals surface area contributed by atoms with Crippen LogP contribution in [-0.2, 0) is 9.53 Å². The van der Waals surface area contributed by atoms with Gasteiger partial charge in [0.05, 0.1) is 0 Å². The van der Waals surface area contributed by atoms with Crippen LogP contribution in [0, 0.1) is 0 Å². The number of carbonyl (C=O) groups excluding carboxylic acids is 2. The fourth-order valence-corrected chi connectivity index (χ4v) is 1.27. The highest BCUT2D eigenvalue weighted by Crippen LogP contribution is 2.10. The normalized spacial score (nSPS) is 10.8. The fraction of sp³-hybridized carbons (Fsp3) is 0.692. The van der Waals surface area contributed by atoms with E-state index in [-0.39, 0.29) is 6.09 Å². The highest BCUT2D eigenvalue weighted by atomic mass is 16.6. The van der Waals surface area contributed by atoms with Gasteiger partial charge in [0.25, 0.3) is 0 Å². The lowest BCUT2D eigenvalue weighted by Gasteiger charge is -2.26. The molecule has 0 N–H and O–H groups in total. The predicted molar refractivity (Wildman–Crippen MR) is 67.9 cm³/mol. The van der Waals surface area contributed by atoms with Crippen LogP contribution in [0.2, 0.25) is 0 Å². The molecule has 0 aromatic rings. The van der Waals surface area contributed by atoms with Crippen LogP contribution in [0.25, 0.3) is 0 Å². The van der Waals surface area contributed by atoms with Gasteiger partial charge >= 0.3 is 6.09 Å². The molecule has 0 aliphatic rings. The summed E-state index contributed by atoms with van der Waals surface area (Å²) in [5.74, 6) is 0. The zero-order valence-electron chi connectivity index (χ0n) is 11.1. The minimum atomic E-state index is -0.487. The largest absolute Gasteiger partial charge is 0.444 e. The van der Waals surface area contributed by atoms with Crippen molar-refractivity contribution in [3.63, 3.8) is 0 Å². The molecule has 0 aromatic heterocycles. The van der Waals surface area contributed by atoms with Crippen molar-refractivity contribution in [2.75, 3.05) is 13.1 Å². The summed E-state index contributed by atoms with van der Waals surface area (Å²) in [6.07, 6.45) is 4.36. The van der Waals surface area contributed by atoms with Crippen molar-refractivity contribution in [3.8, 4) is 0 Å². The van der Waals surface area contributed by atoms with Gasteiger partial charge in [-0.2, -0.15) is 0 Å². The molecule has 0 aromatic carbocycles. The highest BCUT2D eigenvalue weighted by Gasteiger charge is 2.20. The molecule has 0 bridgehead atoms. The number of hydrogen-bond donors (Lipinski definition) is 0. The zero-order chi connectivity index (χ0) is 13.3. The molecule has 98 valence electrons. The standard InChI is InChI=1S/C13H23NO3/c1-5-9-14(10-7-6-8-11-15)12(16)17-13(2,3)4/h5,11H,1,6-10H2,2-4H3. The summed E-state index contributed by atoms with van der Waals surface area (Å²) in [5, 5.41) is 0. The monoisotopic (exact) mass is 241 g/mol. The fourth-order valence-electron chi connectivity index (χ4n) is 1.27. The lowest BCUT2D eigenvalue weighted by molar-refractivity contribution is -0.107. The number of amides is 1. The van der Waals surface area contributed by atoms with Crippen LogP contribution in [0.15, 0.2) is 12.7 Å². The second-order valence-corrected chi connectivity index (χ2v) is 4.88. The average molecular weight is 241 g/mol. The molecule has 4 heteroatoms. The van der Waals surface area contributed by atoms with Crippen LogP contribution in [0.4, 0.5) is 4.79 Å². The number of carbonyl (C=O) groups is 2. The van der Waals surface area contributed by atoms with E-state index in [9.17, 15) is 9.59 Å². The Morgan fingerprint density at radius 2 is 2.00 bits per heavy atom. The minimum Gasteiger partial charge on any atom is -0.444 e. The van der Waals surface area contributed by atoms with Gasteiger partial charge in [-0.05, 0) is 33.6 Å². The maximum Gasteiger partial charge on any atom is 0.410 e. The van der Waals surface area contributed by atoms with Gasteiger partial charge in [0.2, 0.25) is 0 Å². The molecule has 0 radical (unpaired) electrons. The Morgan fingerprint density at radius 1 is 1.35 bits per heavy atom. The lowest BCUT2D eigenvalue weighted by Crippen LogP contribution is -2.37. The number of aldehydes is 1. The molecule has 4 nitrogen and oxygen atoms in total. The Labute approximate surface area is 104 Å². The van der Waals surface area contributed by atoms with E-state index < -0.39 is 5.60 Å². The summed E-state index contributed by atoms with van der Waals surface area (Å²) in [5.41, 5.74) is -0.487. The van der Waals surface area contributed by atoms with Gasteiger partial charge in [0.1, 0.15) is 11.9 Å². The van der Waals surface area contributed by atoms with E-state index in [1.54, 1.807) is 11.0 Å². The maximum atomic E-state index is 11.8. The molecular weight excluding hydrogens is 218 g/mol. The van der Waals surface area contributed by atoms with Gasteiger partial charge in [-0.1, -0.05) is 6.08 Å². The summed E-state index contributed by atoms with van der Waals surface area (Å²) in [7, 11) is 0. The Morgan fingerprint density at radius 3 is 2.47 bits per heavy atom. The van der Waals surface area contributed by atoms with E-state index in [1.165, 1.54) is 0 Å². The van der Waals surface area contributed by atoms with Gasteiger partial charge in [-0.15, -0.1) is 6.58 Å². The number of rotatable bonds is 7. The SMILES string of the molecule is C=CCN(CCCCC=O)C(=O)OC(C)(C)C. The van der Waals surface area contributed by atoms with Crippen molar-refractivity contribution in [2.24, 2.45) is 0 Å². The van der Waals surface area contributed by atoms with Gasteiger partial charge in [-0.3, -0.25) is 0 Å². The first kappa shape index (κ1) is 15.7. The van der Waals surface area contributed by atoms with E-state index >= 15 is 0 Å². The summed E-state index contributed by atoms with van der Waals surface area (Å²) >= 11 is 0. The number of unbranched alkanes of at least 4 members (excludes halogenated alkanes) is 2. The molecule has 0 unspecified atom stereocenters. The molecule has 0 aliphatic heterocycles. The first-order chi connectivity index (χ1) is 7.90. The van der Waals surface area contributed by atoms with E-state index in [4.69, 9.17) is 4.74 Å². The third kappa shape index (κ3) is 8.48. The molecule has 0 heterocycles. The zero-order valence-corrected chi connectivity index (χ0v) is 11.1. The Balaban J connectivity index is 4.16. The first-order valence-electron chi connectivity index (χ1n) is 5.93. The summed E-state index contributed by atoms with van der Waals surface area (Å²) in [6, 6.07) is 0. The van der Waals surface area contributed by atoms with Crippen LogP contribution in [0.5, 0.6) is 0 Å². The molecule has 0 aliphatic carbocycles. The molecule has 0 fully saturated rings. The molecule has 0 spiro atoms. The van der Waals surface area contributed by atoms with E-state index in [1.807, 2.05) is 20.8 Å². The van der Waals surface area contributed by atoms with Crippen molar-refractivity contribution < 1.29 is 14.3 Å². The topological polar surface area (TPSA) is 46.6 Å². The number of hydrogen-bond acceptors (Lipinski definition) is 3. The Bertz CT molecular complexity index is 256.